The van der Waals surface area contributed by atoms with Gasteiger partial charge in [-0.05, 0) is 50.5 Å². The molecule has 0 radical (unpaired) electrons. The number of hydrogen-bond acceptors (Lipinski definition) is 3. The van der Waals surface area contributed by atoms with Crippen LogP contribution in [0.15, 0.2) is 12.2 Å². The van der Waals surface area contributed by atoms with Gasteiger partial charge < -0.3 is 9.84 Å². The van der Waals surface area contributed by atoms with Crippen molar-refractivity contribution >= 4 is 5.97 Å². The van der Waals surface area contributed by atoms with Crippen molar-refractivity contribution in [2.75, 3.05) is 0 Å². The first kappa shape index (κ1) is 11.0. The van der Waals surface area contributed by atoms with Crippen molar-refractivity contribution < 1.29 is 14.6 Å². The van der Waals surface area contributed by atoms with Gasteiger partial charge in [0.1, 0.15) is 5.60 Å². The third-order valence-electron chi connectivity index (χ3n) is 6.51. The van der Waals surface area contributed by atoms with E-state index in [2.05, 4.69) is 13.0 Å². The van der Waals surface area contributed by atoms with Crippen LogP contribution in [0.25, 0.3) is 0 Å². The molecular formula is C15H20O3. The molecule has 4 aliphatic rings. The highest BCUT2D eigenvalue weighted by atomic mass is 16.6. The molecule has 0 aromatic rings. The summed E-state index contributed by atoms with van der Waals surface area (Å²) in [5, 5.41) is 11.0. The molecule has 3 fully saturated rings. The molecule has 1 heterocycles. The lowest BCUT2D eigenvalue weighted by atomic mass is 9.57. The van der Waals surface area contributed by atoms with Crippen LogP contribution in [-0.4, -0.2) is 22.3 Å². The summed E-state index contributed by atoms with van der Waals surface area (Å²) in [4.78, 5) is 12.2. The number of rotatable bonds is 0. The summed E-state index contributed by atoms with van der Waals surface area (Å²) in [6.45, 7) is 4.11. The molecule has 18 heavy (non-hydrogen) atoms. The molecule has 1 aliphatic heterocycles. The Hall–Kier alpha value is -0.830. The molecule has 0 aromatic carbocycles. The smallest absolute Gasteiger partial charge is 0.310 e. The molecule has 3 nitrogen and oxygen atoms in total. The molecule has 1 N–H and O–H groups in total. The lowest BCUT2D eigenvalue weighted by Crippen LogP contribution is -2.60. The van der Waals surface area contributed by atoms with Crippen molar-refractivity contribution in [3.05, 3.63) is 12.2 Å². The molecule has 4 rings (SSSR count). The molecule has 98 valence electrons. The predicted octanol–water partition coefficient (Wildman–Crippen LogP) is 2.05. The van der Waals surface area contributed by atoms with Gasteiger partial charge in [0, 0.05) is 5.41 Å². The van der Waals surface area contributed by atoms with Crippen LogP contribution in [0.1, 0.15) is 39.5 Å². The van der Waals surface area contributed by atoms with E-state index in [-0.39, 0.29) is 23.2 Å². The van der Waals surface area contributed by atoms with Gasteiger partial charge in [-0.2, -0.15) is 0 Å². The maximum atomic E-state index is 12.2. The fourth-order valence-electron chi connectivity index (χ4n) is 5.60. The molecule has 2 saturated carbocycles. The average Bonchev–Trinajstić information content (AvgIpc) is 2.81. The van der Waals surface area contributed by atoms with E-state index >= 15 is 0 Å². The van der Waals surface area contributed by atoms with E-state index in [1.54, 1.807) is 0 Å². The second-order valence-electron chi connectivity index (χ2n) is 6.91. The van der Waals surface area contributed by atoms with Gasteiger partial charge in [-0.25, -0.2) is 0 Å². The van der Waals surface area contributed by atoms with Crippen LogP contribution in [0, 0.1) is 23.2 Å². The minimum atomic E-state index is -0.898. The summed E-state index contributed by atoms with van der Waals surface area (Å²) >= 11 is 0. The zero-order valence-corrected chi connectivity index (χ0v) is 11.0. The van der Waals surface area contributed by atoms with E-state index in [0.717, 1.165) is 25.7 Å². The summed E-state index contributed by atoms with van der Waals surface area (Å²) in [6, 6.07) is 0. The van der Waals surface area contributed by atoms with Gasteiger partial charge in [-0.15, -0.1) is 0 Å². The SMILES string of the molecule is C[C@H]1CCC=C[C@]23OC(=O)[C@H]4C[C@H](C[C@@]412)[C@]3(C)O. The van der Waals surface area contributed by atoms with Crippen molar-refractivity contribution in [2.45, 2.75) is 50.7 Å². The maximum absolute atomic E-state index is 12.2. The van der Waals surface area contributed by atoms with E-state index in [1.807, 2.05) is 13.0 Å². The Morgan fingerprint density at radius 1 is 1.50 bits per heavy atom. The van der Waals surface area contributed by atoms with Crippen LogP contribution in [0.3, 0.4) is 0 Å². The van der Waals surface area contributed by atoms with Gasteiger partial charge in [-0.3, -0.25) is 4.79 Å². The molecule has 6 atom stereocenters. The number of ether oxygens (including phenoxy) is 1. The third-order valence-corrected chi connectivity index (χ3v) is 6.51. The first-order valence-electron chi connectivity index (χ1n) is 7.08. The molecule has 0 unspecified atom stereocenters. The van der Waals surface area contributed by atoms with Gasteiger partial charge in [0.25, 0.3) is 0 Å². The molecule has 3 aliphatic carbocycles. The topological polar surface area (TPSA) is 46.5 Å². The Kier molecular flexibility index (Phi) is 1.74. The van der Waals surface area contributed by atoms with E-state index in [9.17, 15) is 9.90 Å². The average molecular weight is 248 g/mol. The summed E-state index contributed by atoms with van der Waals surface area (Å²) in [5.41, 5.74) is -1.80. The summed E-state index contributed by atoms with van der Waals surface area (Å²) in [5.74, 6) is 0.580. The minimum Gasteiger partial charge on any atom is -0.451 e. The summed E-state index contributed by atoms with van der Waals surface area (Å²) in [6.07, 6.45) is 8.00. The minimum absolute atomic E-state index is 0.0143. The number of aliphatic hydroxyl groups is 1. The second-order valence-corrected chi connectivity index (χ2v) is 6.91. The van der Waals surface area contributed by atoms with Crippen molar-refractivity contribution in [3.63, 3.8) is 0 Å². The Bertz CT molecular complexity index is 466. The van der Waals surface area contributed by atoms with E-state index < -0.39 is 11.2 Å². The molecular weight excluding hydrogens is 228 g/mol. The second kappa shape index (κ2) is 2.84. The predicted molar refractivity (Wildman–Crippen MR) is 65.6 cm³/mol. The molecule has 0 aromatic heterocycles. The van der Waals surface area contributed by atoms with E-state index in [4.69, 9.17) is 4.74 Å². The first-order chi connectivity index (χ1) is 8.46. The van der Waals surface area contributed by atoms with E-state index in [1.165, 1.54) is 0 Å². The number of esters is 1. The van der Waals surface area contributed by atoms with Crippen molar-refractivity contribution in [2.24, 2.45) is 23.2 Å². The van der Waals surface area contributed by atoms with E-state index in [0.29, 0.717) is 5.92 Å². The Morgan fingerprint density at radius 3 is 3.06 bits per heavy atom. The number of allylic oxidation sites excluding steroid dienone is 1. The largest absolute Gasteiger partial charge is 0.451 e. The Balaban J connectivity index is 2.02. The van der Waals surface area contributed by atoms with Gasteiger partial charge in [-0.1, -0.05) is 13.0 Å². The van der Waals surface area contributed by atoms with Crippen molar-refractivity contribution in [3.8, 4) is 0 Å². The van der Waals surface area contributed by atoms with Crippen molar-refractivity contribution in [1.82, 2.24) is 0 Å². The lowest BCUT2D eigenvalue weighted by molar-refractivity contribution is -0.175. The molecule has 1 spiro atoms. The van der Waals surface area contributed by atoms with Gasteiger partial charge in [0.05, 0.1) is 5.92 Å². The van der Waals surface area contributed by atoms with Crippen molar-refractivity contribution in [1.29, 1.82) is 0 Å². The lowest BCUT2D eigenvalue weighted by Gasteiger charge is -2.48. The van der Waals surface area contributed by atoms with Gasteiger partial charge in [0.15, 0.2) is 5.60 Å². The monoisotopic (exact) mass is 248 g/mol. The maximum Gasteiger partial charge on any atom is 0.310 e. The van der Waals surface area contributed by atoms with Crippen LogP contribution in [0.4, 0.5) is 0 Å². The molecule has 1 saturated heterocycles. The zero-order chi connectivity index (χ0) is 12.8. The Labute approximate surface area is 107 Å². The Morgan fingerprint density at radius 2 is 2.28 bits per heavy atom. The number of hydrogen-bond donors (Lipinski definition) is 1. The van der Waals surface area contributed by atoms with Crippen LogP contribution in [0.5, 0.6) is 0 Å². The normalized spacial score (nSPS) is 60.6. The number of fused-ring (bicyclic) bond motifs is 1. The highest BCUT2D eigenvalue weighted by Gasteiger charge is 2.83. The van der Waals surface area contributed by atoms with Gasteiger partial charge in [0.2, 0.25) is 0 Å². The number of carbonyl (C=O) groups is 1. The number of carbonyl (C=O) groups excluding carboxylic acids is 1. The highest BCUT2D eigenvalue weighted by molar-refractivity contribution is 5.80. The standard InChI is InChI=1S/C15H20O3/c1-9-5-3-4-6-15-13(2,17)10-7-11(12(16)18-15)14(9,15)8-10/h4,6,9-11,17H,3,5,7-8H2,1-2H3/t9-,10+,11+,13-,14-,15+/m0/s1. The highest BCUT2D eigenvalue weighted by Crippen LogP contribution is 2.75. The van der Waals surface area contributed by atoms with Crippen LogP contribution in [-0.2, 0) is 9.53 Å². The first-order valence-corrected chi connectivity index (χ1v) is 7.08. The van der Waals surface area contributed by atoms with Gasteiger partial charge >= 0.3 is 5.97 Å². The van der Waals surface area contributed by atoms with Crippen LogP contribution < -0.4 is 0 Å². The summed E-state index contributed by atoms with van der Waals surface area (Å²) < 4.78 is 5.81. The van der Waals surface area contributed by atoms with Crippen LogP contribution in [0.2, 0.25) is 0 Å². The fraction of sp³-hybridized carbons (Fsp3) is 0.800. The molecule has 0 amide bonds. The molecule has 3 heteroatoms. The molecule has 2 bridgehead atoms. The fourth-order valence-corrected chi connectivity index (χ4v) is 5.60. The summed E-state index contributed by atoms with van der Waals surface area (Å²) in [7, 11) is 0. The quantitative estimate of drug-likeness (QED) is 0.527. The zero-order valence-electron chi connectivity index (χ0n) is 11.0. The van der Waals surface area contributed by atoms with Crippen LogP contribution >= 0.6 is 0 Å². The third kappa shape index (κ3) is 0.814.